The predicted octanol–water partition coefficient (Wildman–Crippen LogP) is 2.73. The minimum absolute atomic E-state index is 0.185. The van der Waals surface area contributed by atoms with Crippen molar-refractivity contribution in [2.45, 2.75) is 25.1 Å². The van der Waals surface area contributed by atoms with E-state index in [9.17, 15) is 18.0 Å². The van der Waals surface area contributed by atoms with E-state index in [4.69, 9.17) is 0 Å². The highest BCUT2D eigenvalue weighted by molar-refractivity contribution is 5.85. The van der Waals surface area contributed by atoms with Gasteiger partial charge in [0.2, 0.25) is 11.7 Å². The van der Waals surface area contributed by atoms with Crippen LogP contribution in [0.1, 0.15) is 18.9 Å². The quantitative estimate of drug-likeness (QED) is 0.695. The van der Waals surface area contributed by atoms with Crippen LogP contribution in [-0.2, 0) is 16.5 Å². The minimum atomic E-state index is -4.40. The predicted molar refractivity (Wildman–Crippen MR) is 97.0 cm³/mol. The van der Waals surface area contributed by atoms with Gasteiger partial charge in [-0.05, 0) is 48.5 Å². The van der Waals surface area contributed by atoms with Crippen LogP contribution in [0.5, 0.6) is 0 Å². The lowest BCUT2D eigenvalue weighted by molar-refractivity contribution is -0.137. The molecular weight excluding hydrogens is 387 g/mol. The van der Waals surface area contributed by atoms with Crippen LogP contribution in [0.15, 0.2) is 42.6 Å². The number of aromatic nitrogens is 5. The highest BCUT2D eigenvalue weighted by atomic mass is 19.4. The van der Waals surface area contributed by atoms with Crippen molar-refractivity contribution in [2.75, 3.05) is 11.9 Å². The maximum atomic E-state index is 12.7. The second kappa shape index (κ2) is 6.83. The smallest absolute Gasteiger partial charge is 0.354 e. The van der Waals surface area contributed by atoms with Gasteiger partial charge in [0, 0.05) is 24.8 Å². The molecule has 150 valence electrons. The van der Waals surface area contributed by atoms with Gasteiger partial charge < -0.3 is 10.6 Å². The van der Waals surface area contributed by atoms with Gasteiger partial charge in [-0.1, -0.05) is 0 Å². The molecule has 0 radical (unpaired) electrons. The fraction of sp³-hybridized carbons (Fsp3) is 0.278. The number of nitrogens with one attached hydrogen (secondary N) is 2. The third-order valence-corrected chi connectivity index (χ3v) is 4.77. The van der Waals surface area contributed by atoms with E-state index in [1.54, 1.807) is 19.1 Å². The number of hydrogen-bond acceptors (Lipinski definition) is 6. The molecule has 1 aromatic carbocycles. The SMILES string of the molecule is C[C@@]1(n2nnc(-c3cccnc3Nc3ccc(C(F)(F)F)cc3)n2)CCNC1=O. The van der Waals surface area contributed by atoms with Gasteiger partial charge >= 0.3 is 6.18 Å². The first-order chi connectivity index (χ1) is 13.8. The van der Waals surface area contributed by atoms with Crippen LogP contribution in [0.3, 0.4) is 0 Å². The number of hydrogen-bond donors (Lipinski definition) is 2. The summed E-state index contributed by atoms with van der Waals surface area (Å²) in [7, 11) is 0. The summed E-state index contributed by atoms with van der Waals surface area (Å²) in [5.41, 5.74) is -0.737. The number of alkyl halides is 3. The summed E-state index contributed by atoms with van der Waals surface area (Å²) in [4.78, 5) is 17.6. The molecule has 8 nitrogen and oxygen atoms in total. The van der Waals surface area contributed by atoms with Crippen molar-refractivity contribution >= 4 is 17.4 Å². The van der Waals surface area contributed by atoms with Crippen LogP contribution in [0.25, 0.3) is 11.4 Å². The van der Waals surface area contributed by atoms with Crippen LogP contribution in [0.2, 0.25) is 0 Å². The van der Waals surface area contributed by atoms with E-state index in [2.05, 4.69) is 31.0 Å². The first-order valence-electron chi connectivity index (χ1n) is 8.76. The molecule has 1 atom stereocenters. The monoisotopic (exact) mass is 403 g/mol. The summed E-state index contributed by atoms with van der Waals surface area (Å²) >= 11 is 0. The fourth-order valence-corrected chi connectivity index (χ4v) is 3.01. The Balaban J connectivity index is 1.62. The number of amides is 1. The number of pyridine rings is 1. The lowest BCUT2D eigenvalue weighted by Gasteiger charge is -2.17. The standard InChI is InChI=1S/C18H16F3N7O/c1-17(8-10-23-16(17)29)28-26-15(25-27-28)13-3-2-9-22-14(13)24-12-6-4-11(5-7-12)18(19,20)21/h2-7,9H,8,10H2,1H3,(H,22,24)(H,23,29)/t17-/m1/s1. The van der Waals surface area contributed by atoms with Crippen LogP contribution < -0.4 is 10.6 Å². The Morgan fingerprint density at radius 2 is 1.97 bits per heavy atom. The molecule has 0 unspecified atom stereocenters. The Bertz CT molecular complexity index is 1050. The Hall–Kier alpha value is -3.50. The summed E-state index contributed by atoms with van der Waals surface area (Å²) in [6, 6.07) is 7.98. The molecule has 3 heterocycles. The minimum Gasteiger partial charge on any atom is -0.354 e. The number of tetrazole rings is 1. The number of anilines is 2. The number of benzene rings is 1. The first-order valence-corrected chi connectivity index (χ1v) is 8.76. The van der Waals surface area contributed by atoms with Crippen molar-refractivity contribution in [3.63, 3.8) is 0 Å². The van der Waals surface area contributed by atoms with Crippen LogP contribution in [0, 0.1) is 0 Å². The summed E-state index contributed by atoms with van der Waals surface area (Å²) < 4.78 is 38.2. The highest BCUT2D eigenvalue weighted by Crippen LogP contribution is 2.31. The Labute approximate surface area is 163 Å². The molecular formula is C18H16F3N7O. The van der Waals surface area contributed by atoms with E-state index in [1.807, 2.05) is 0 Å². The van der Waals surface area contributed by atoms with Crippen LogP contribution in [0.4, 0.5) is 24.7 Å². The second-order valence-corrected chi connectivity index (χ2v) is 6.78. The molecule has 3 aromatic rings. The van der Waals surface area contributed by atoms with Crippen molar-refractivity contribution in [1.82, 2.24) is 30.5 Å². The number of rotatable bonds is 4. The summed E-state index contributed by atoms with van der Waals surface area (Å²) in [5, 5.41) is 18.1. The van der Waals surface area contributed by atoms with Crippen molar-refractivity contribution in [3.8, 4) is 11.4 Å². The topological polar surface area (TPSA) is 97.6 Å². The number of carbonyl (C=O) groups excluding carboxylic acids is 1. The molecule has 0 spiro atoms. The van der Waals surface area contributed by atoms with Crippen molar-refractivity contribution in [3.05, 3.63) is 48.2 Å². The third-order valence-electron chi connectivity index (χ3n) is 4.77. The maximum Gasteiger partial charge on any atom is 0.416 e. The van der Waals surface area contributed by atoms with E-state index in [0.29, 0.717) is 30.0 Å². The van der Waals surface area contributed by atoms with Gasteiger partial charge in [-0.3, -0.25) is 4.79 Å². The van der Waals surface area contributed by atoms with Crippen molar-refractivity contribution in [1.29, 1.82) is 0 Å². The summed E-state index contributed by atoms with van der Waals surface area (Å²) in [5.74, 6) is 0.414. The van der Waals surface area contributed by atoms with Gasteiger partial charge in [0.25, 0.3) is 0 Å². The van der Waals surface area contributed by atoms with Gasteiger partial charge in [0.1, 0.15) is 5.82 Å². The Morgan fingerprint density at radius 3 is 2.62 bits per heavy atom. The molecule has 1 saturated heterocycles. The van der Waals surface area contributed by atoms with Gasteiger partial charge in [-0.25, -0.2) is 4.98 Å². The molecule has 1 aliphatic rings. The van der Waals surface area contributed by atoms with E-state index in [0.717, 1.165) is 12.1 Å². The molecule has 11 heteroatoms. The van der Waals surface area contributed by atoms with E-state index >= 15 is 0 Å². The molecule has 0 bridgehead atoms. The molecule has 1 amide bonds. The largest absolute Gasteiger partial charge is 0.416 e. The third kappa shape index (κ3) is 3.50. The molecule has 2 aromatic heterocycles. The van der Waals surface area contributed by atoms with Gasteiger partial charge in [-0.15, -0.1) is 15.0 Å². The first kappa shape index (κ1) is 18.8. The maximum absolute atomic E-state index is 12.7. The van der Waals surface area contributed by atoms with Crippen molar-refractivity contribution in [2.24, 2.45) is 0 Å². The molecule has 1 aliphatic heterocycles. The zero-order valence-corrected chi connectivity index (χ0v) is 15.2. The lowest BCUT2D eigenvalue weighted by atomic mass is 10.0. The normalized spacial score (nSPS) is 19.2. The van der Waals surface area contributed by atoms with Crippen molar-refractivity contribution < 1.29 is 18.0 Å². The molecule has 29 heavy (non-hydrogen) atoms. The lowest BCUT2D eigenvalue weighted by Crippen LogP contribution is -2.40. The van der Waals surface area contributed by atoms with Crippen LogP contribution >= 0.6 is 0 Å². The second-order valence-electron chi connectivity index (χ2n) is 6.78. The van der Waals surface area contributed by atoms with Gasteiger partial charge in [0.15, 0.2) is 5.54 Å². The Morgan fingerprint density at radius 1 is 1.21 bits per heavy atom. The Kier molecular flexibility index (Phi) is 4.44. The zero-order valence-electron chi connectivity index (χ0n) is 15.2. The molecule has 1 fully saturated rings. The van der Waals surface area contributed by atoms with Gasteiger partial charge in [0.05, 0.1) is 11.1 Å². The molecule has 4 rings (SSSR count). The average Bonchev–Trinajstić information content (AvgIpc) is 3.30. The highest BCUT2D eigenvalue weighted by Gasteiger charge is 2.42. The number of carbonyl (C=O) groups is 1. The molecule has 0 aliphatic carbocycles. The number of nitrogens with zero attached hydrogens (tertiary/aromatic N) is 5. The van der Waals surface area contributed by atoms with E-state index in [-0.39, 0.29) is 11.7 Å². The number of halogens is 3. The fourth-order valence-electron chi connectivity index (χ4n) is 3.01. The zero-order chi connectivity index (χ0) is 20.6. The van der Waals surface area contributed by atoms with E-state index in [1.165, 1.54) is 23.1 Å². The summed E-state index contributed by atoms with van der Waals surface area (Å²) in [6.45, 7) is 2.26. The summed E-state index contributed by atoms with van der Waals surface area (Å²) in [6.07, 6.45) is -2.34. The average molecular weight is 403 g/mol. The molecule has 0 saturated carbocycles. The molecule has 2 N–H and O–H groups in total. The van der Waals surface area contributed by atoms with Crippen LogP contribution in [-0.4, -0.2) is 37.6 Å². The van der Waals surface area contributed by atoms with Gasteiger partial charge in [-0.2, -0.15) is 13.2 Å². The van der Waals surface area contributed by atoms with E-state index < -0.39 is 17.3 Å².